The number of methoxy groups -OCH3 is 1. The standard InChI is InChI=1S/C24H21ClN2O3/c1-30-19-10-7-16(8-11-19)13-23(29)27-15-22(28)26-21-12-9-18(25)14-20(21)24(27)17-5-3-2-4-6-17/h2-12,14,24H,13,15H2,1H3,(H,26,28)/t24-/m1/s1. The minimum Gasteiger partial charge on any atom is -0.497 e. The number of nitrogens with one attached hydrogen (secondary N) is 1. The van der Waals surface area contributed by atoms with Crippen molar-refractivity contribution in [3.63, 3.8) is 0 Å². The minimum atomic E-state index is -0.426. The molecule has 30 heavy (non-hydrogen) atoms. The molecule has 0 radical (unpaired) electrons. The molecule has 0 saturated carbocycles. The van der Waals surface area contributed by atoms with Crippen molar-refractivity contribution in [3.05, 3.63) is 94.5 Å². The summed E-state index contributed by atoms with van der Waals surface area (Å²) in [6.45, 7) is -0.0408. The fraction of sp³-hybridized carbons (Fsp3) is 0.167. The van der Waals surface area contributed by atoms with E-state index in [-0.39, 0.29) is 24.8 Å². The Balaban J connectivity index is 1.75. The largest absolute Gasteiger partial charge is 0.497 e. The molecule has 1 N–H and O–H groups in total. The number of fused-ring (bicyclic) bond motifs is 1. The Hall–Kier alpha value is -3.31. The lowest BCUT2D eigenvalue weighted by atomic mass is 9.95. The van der Waals surface area contributed by atoms with Crippen LogP contribution in [0.5, 0.6) is 5.75 Å². The molecule has 1 aliphatic heterocycles. The summed E-state index contributed by atoms with van der Waals surface area (Å²) in [6.07, 6.45) is 0.177. The van der Waals surface area contributed by atoms with Crippen molar-refractivity contribution in [2.24, 2.45) is 0 Å². The highest BCUT2D eigenvalue weighted by Gasteiger charge is 2.33. The minimum absolute atomic E-state index is 0.0408. The third-order valence-electron chi connectivity index (χ3n) is 5.16. The number of carbonyl (C=O) groups is 2. The van der Waals surface area contributed by atoms with Crippen LogP contribution in [0.15, 0.2) is 72.8 Å². The van der Waals surface area contributed by atoms with E-state index in [1.54, 1.807) is 24.1 Å². The molecule has 0 fully saturated rings. The number of ether oxygens (including phenoxy) is 1. The number of amides is 2. The smallest absolute Gasteiger partial charge is 0.244 e. The summed E-state index contributed by atoms with van der Waals surface area (Å²) in [6, 6.07) is 21.9. The Bertz CT molecular complexity index is 1070. The molecule has 1 heterocycles. The lowest BCUT2D eigenvalue weighted by Gasteiger charge is -2.31. The molecule has 3 aromatic carbocycles. The molecular weight excluding hydrogens is 400 g/mol. The fourth-order valence-electron chi connectivity index (χ4n) is 3.72. The van der Waals surface area contributed by atoms with Gasteiger partial charge in [-0.15, -0.1) is 0 Å². The average molecular weight is 421 g/mol. The van der Waals surface area contributed by atoms with Crippen LogP contribution >= 0.6 is 11.6 Å². The van der Waals surface area contributed by atoms with Gasteiger partial charge in [0, 0.05) is 16.3 Å². The summed E-state index contributed by atoms with van der Waals surface area (Å²) in [5, 5.41) is 3.45. The molecule has 152 valence electrons. The van der Waals surface area contributed by atoms with E-state index in [1.807, 2.05) is 60.7 Å². The van der Waals surface area contributed by atoms with Crippen LogP contribution in [-0.2, 0) is 16.0 Å². The van der Waals surface area contributed by atoms with Crippen LogP contribution in [0.4, 0.5) is 5.69 Å². The Morgan fingerprint density at radius 2 is 1.83 bits per heavy atom. The third-order valence-corrected chi connectivity index (χ3v) is 5.39. The van der Waals surface area contributed by atoms with Gasteiger partial charge in [0.05, 0.1) is 19.6 Å². The molecule has 0 unspecified atom stereocenters. The summed E-state index contributed by atoms with van der Waals surface area (Å²) < 4.78 is 5.19. The summed E-state index contributed by atoms with van der Waals surface area (Å²) in [7, 11) is 1.60. The first-order chi connectivity index (χ1) is 14.5. The first-order valence-electron chi connectivity index (χ1n) is 9.62. The number of nitrogens with zero attached hydrogens (tertiary/aromatic N) is 1. The first kappa shape index (κ1) is 20.0. The SMILES string of the molecule is COc1ccc(CC(=O)N2CC(=O)Nc3ccc(Cl)cc3[C@H]2c2ccccc2)cc1. The van der Waals surface area contributed by atoms with E-state index in [2.05, 4.69) is 5.32 Å². The van der Waals surface area contributed by atoms with E-state index in [0.29, 0.717) is 10.7 Å². The topological polar surface area (TPSA) is 58.6 Å². The lowest BCUT2D eigenvalue weighted by Crippen LogP contribution is -2.39. The number of benzene rings is 3. The van der Waals surface area contributed by atoms with Crippen LogP contribution in [0.1, 0.15) is 22.7 Å². The van der Waals surface area contributed by atoms with Gasteiger partial charge in [-0.2, -0.15) is 0 Å². The molecule has 0 aromatic heterocycles. The van der Waals surface area contributed by atoms with Gasteiger partial charge in [-0.25, -0.2) is 0 Å². The van der Waals surface area contributed by atoms with Crippen molar-refractivity contribution in [2.75, 3.05) is 19.0 Å². The summed E-state index contributed by atoms with van der Waals surface area (Å²) in [5.41, 5.74) is 3.23. The van der Waals surface area contributed by atoms with Crippen molar-refractivity contribution in [3.8, 4) is 5.75 Å². The number of hydrogen-bond donors (Lipinski definition) is 1. The predicted octanol–water partition coefficient (Wildman–Crippen LogP) is 4.46. The van der Waals surface area contributed by atoms with E-state index in [1.165, 1.54) is 0 Å². The monoisotopic (exact) mass is 420 g/mol. The van der Waals surface area contributed by atoms with Gasteiger partial charge in [0.1, 0.15) is 12.3 Å². The normalized spacial score (nSPS) is 15.7. The van der Waals surface area contributed by atoms with Gasteiger partial charge in [-0.05, 0) is 41.5 Å². The zero-order valence-corrected chi connectivity index (χ0v) is 17.2. The van der Waals surface area contributed by atoms with Gasteiger partial charge < -0.3 is 15.0 Å². The molecular formula is C24H21ClN2O3. The van der Waals surface area contributed by atoms with Gasteiger partial charge in [-0.1, -0.05) is 54.1 Å². The maximum atomic E-state index is 13.4. The second kappa shape index (κ2) is 8.59. The second-order valence-corrected chi connectivity index (χ2v) is 7.58. The van der Waals surface area contributed by atoms with Gasteiger partial charge in [0.25, 0.3) is 0 Å². The van der Waals surface area contributed by atoms with Crippen molar-refractivity contribution < 1.29 is 14.3 Å². The third kappa shape index (κ3) is 4.16. The van der Waals surface area contributed by atoms with Crippen LogP contribution in [0.3, 0.4) is 0 Å². The zero-order valence-electron chi connectivity index (χ0n) is 16.5. The highest BCUT2D eigenvalue weighted by atomic mass is 35.5. The maximum absolute atomic E-state index is 13.4. The summed E-state index contributed by atoms with van der Waals surface area (Å²) >= 11 is 6.28. The average Bonchev–Trinajstić information content (AvgIpc) is 2.90. The molecule has 2 amide bonds. The molecule has 1 aliphatic rings. The van der Waals surface area contributed by atoms with Crippen LogP contribution < -0.4 is 10.1 Å². The second-order valence-electron chi connectivity index (χ2n) is 7.14. The zero-order chi connectivity index (χ0) is 21.1. The highest BCUT2D eigenvalue weighted by molar-refractivity contribution is 6.30. The quantitative estimate of drug-likeness (QED) is 0.677. The van der Waals surface area contributed by atoms with Gasteiger partial charge in [0.2, 0.25) is 11.8 Å². The van der Waals surface area contributed by atoms with Crippen molar-refractivity contribution >= 4 is 29.1 Å². The first-order valence-corrected chi connectivity index (χ1v) is 9.99. The lowest BCUT2D eigenvalue weighted by molar-refractivity contribution is -0.135. The van der Waals surface area contributed by atoms with E-state index in [4.69, 9.17) is 16.3 Å². The number of halogens is 1. The Labute approximate surface area is 180 Å². The van der Waals surface area contributed by atoms with E-state index < -0.39 is 6.04 Å². The van der Waals surface area contributed by atoms with E-state index in [0.717, 1.165) is 22.4 Å². The van der Waals surface area contributed by atoms with Crippen LogP contribution in [0, 0.1) is 0 Å². The predicted molar refractivity (Wildman–Crippen MR) is 117 cm³/mol. The number of carbonyl (C=O) groups excluding carboxylic acids is 2. The number of hydrogen-bond acceptors (Lipinski definition) is 3. The molecule has 0 spiro atoms. The molecule has 0 saturated heterocycles. The Morgan fingerprint density at radius 3 is 2.53 bits per heavy atom. The molecule has 4 rings (SSSR count). The van der Waals surface area contributed by atoms with Crippen LogP contribution in [0.2, 0.25) is 5.02 Å². The van der Waals surface area contributed by atoms with E-state index in [9.17, 15) is 9.59 Å². The summed E-state index contributed by atoms with van der Waals surface area (Å²) in [5.74, 6) is 0.350. The fourth-order valence-corrected chi connectivity index (χ4v) is 3.90. The number of anilines is 1. The van der Waals surface area contributed by atoms with Gasteiger partial charge >= 0.3 is 0 Å². The molecule has 6 heteroatoms. The molecule has 1 atom stereocenters. The van der Waals surface area contributed by atoms with Crippen molar-refractivity contribution in [2.45, 2.75) is 12.5 Å². The van der Waals surface area contributed by atoms with Crippen LogP contribution in [-0.4, -0.2) is 30.4 Å². The number of rotatable bonds is 4. The molecule has 3 aromatic rings. The van der Waals surface area contributed by atoms with Crippen molar-refractivity contribution in [1.82, 2.24) is 4.90 Å². The molecule has 0 aliphatic carbocycles. The summed E-state index contributed by atoms with van der Waals surface area (Å²) in [4.78, 5) is 27.6. The van der Waals surface area contributed by atoms with Crippen LogP contribution in [0.25, 0.3) is 0 Å². The highest BCUT2D eigenvalue weighted by Crippen LogP contribution is 2.37. The Kier molecular flexibility index (Phi) is 5.72. The Morgan fingerprint density at radius 1 is 1.10 bits per heavy atom. The van der Waals surface area contributed by atoms with Gasteiger partial charge in [0.15, 0.2) is 0 Å². The van der Waals surface area contributed by atoms with Gasteiger partial charge in [-0.3, -0.25) is 9.59 Å². The maximum Gasteiger partial charge on any atom is 0.244 e. The van der Waals surface area contributed by atoms with Crippen molar-refractivity contribution in [1.29, 1.82) is 0 Å². The van der Waals surface area contributed by atoms with E-state index >= 15 is 0 Å². The molecule has 0 bridgehead atoms. The molecule has 5 nitrogen and oxygen atoms in total.